The second-order valence-electron chi connectivity index (χ2n) is 3.63. The zero-order valence-electron chi connectivity index (χ0n) is 9.70. The fourth-order valence-corrected chi connectivity index (χ4v) is 1.20. The van der Waals surface area contributed by atoms with E-state index in [0.717, 1.165) is 11.5 Å². The lowest BCUT2D eigenvalue weighted by Crippen LogP contribution is -2.38. The average Bonchev–Trinajstić information content (AvgIpc) is 2.63. The summed E-state index contributed by atoms with van der Waals surface area (Å²) in [6.45, 7) is 6.41. The van der Waals surface area contributed by atoms with Gasteiger partial charge in [0.05, 0.1) is 6.04 Å². The molecular weight excluding hydrogens is 192 g/mol. The third-order valence-electron chi connectivity index (χ3n) is 2.35. The highest BCUT2D eigenvalue weighted by Gasteiger charge is 2.14. The minimum Gasteiger partial charge on any atom is -0.464 e. The third-order valence-corrected chi connectivity index (χ3v) is 2.35. The van der Waals surface area contributed by atoms with Crippen molar-refractivity contribution in [3.8, 4) is 0 Å². The molecule has 0 fully saturated rings. The van der Waals surface area contributed by atoms with Gasteiger partial charge >= 0.3 is 6.03 Å². The van der Waals surface area contributed by atoms with E-state index in [1.807, 2.05) is 32.9 Å². The zero-order valence-corrected chi connectivity index (χ0v) is 9.70. The van der Waals surface area contributed by atoms with Crippen LogP contribution < -0.4 is 5.32 Å². The maximum absolute atomic E-state index is 11.5. The van der Waals surface area contributed by atoms with Crippen LogP contribution in [0.1, 0.15) is 31.4 Å². The first-order chi connectivity index (χ1) is 7.04. The largest absolute Gasteiger partial charge is 0.464 e. The van der Waals surface area contributed by atoms with Crippen LogP contribution in [0.2, 0.25) is 0 Å². The second-order valence-corrected chi connectivity index (χ2v) is 3.63. The SMILES string of the molecule is CCN(C)C(=O)NC(C)c1ccc(C)o1. The van der Waals surface area contributed by atoms with Crippen LogP contribution >= 0.6 is 0 Å². The monoisotopic (exact) mass is 210 g/mol. The van der Waals surface area contributed by atoms with E-state index in [1.54, 1.807) is 11.9 Å². The number of nitrogens with one attached hydrogen (secondary N) is 1. The Morgan fingerprint density at radius 1 is 1.60 bits per heavy atom. The van der Waals surface area contributed by atoms with E-state index in [4.69, 9.17) is 4.42 Å². The van der Waals surface area contributed by atoms with Crippen molar-refractivity contribution >= 4 is 6.03 Å². The van der Waals surface area contributed by atoms with Crippen molar-refractivity contribution in [2.75, 3.05) is 13.6 Å². The summed E-state index contributed by atoms with van der Waals surface area (Å²) >= 11 is 0. The smallest absolute Gasteiger partial charge is 0.317 e. The molecule has 0 aliphatic carbocycles. The zero-order chi connectivity index (χ0) is 11.4. The number of aryl methyl sites for hydroxylation is 1. The number of urea groups is 1. The number of amides is 2. The van der Waals surface area contributed by atoms with E-state index >= 15 is 0 Å². The highest BCUT2D eigenvalue weighted by atomic mass is 16.3. The number of nitrogens with zero attached hydrogens (tertiary/aromatic N) is 1. The Hall–Kier alpha value is -1.45. The number of carbonyl (C=O) groups excluding carboxylic acids is 1. The van der Waals surface area contributed by atoms with Crippen molar-refractivity contribution in [3.05, 3.63) is 23.7 Å². The number of hydrogen-bond acceptors (Lipinski definition) is 2. The predicted molar refractivity (Wildman–Crippen MR) is 58.7 cm³/mol. The molecule has 1 N–H and O–H groups in total. The van der Waals surface area contributed by atoms with Crippen LogP contribution in [0, 0.1) is 6.92 Å². The molecule has 0 radical (unpaired) electrons. The Morgan fingerprint density at radius 2 is 2.27 bits per heavy atom. The topological polar surface area (TPSA) is 45.5 Å². The fraction of sp³-hybridized carbons (Fsp3) is 0.545. The van der Waals surface area contributed by atoms with E-state index in [1.165, 1.54) is 0 Å². The van der Waals surface area contributed by atoms with Gasteiger partial charge in [-0.2, -0.15) is 0 Å². The normalized spacial score (nSPS) is 12.3. The van der Waals surface area contributed by atoms with Crippen LogP contribution in [0.15, 0.2) is 16.5 Å². The van der Waals surface area contributed by atoms with Crippen LogP contribution in [-0.2, 0) is 0 Å². The number of furan rings is 1. The predicted octanol–water partition coefficient (Wildman–Crippen LogP) is 2.31. The maximum atomic E-state index is 11.5. The minimum absolute atomic E-state index is 0.0842. The molecule has 0 spiro atoms. The Balaban J connectivity index is 2.56. The summed E-state index contributed by atoms with van der Waals surface area (Å²) in [5.41, 5.74) is 0. The summed E-state index contributed by atoms with van der Waals surface area (Å²) < 4.78 is 5.43. The van der Waals surface area contributed by atoms with Gasteiger partial charge in [0, 0.05) is 13.6 Å². The molecule has 15 heavy (non-hydrogen) atoms. The van der Waals surface area contributed by atoms with E-state index < -0.39 is 0 Å². The average molecular weight is 210 g/mol. The van der Waals surface area contributed by atoms with Crippen molar-refractivity contribution in [2.24, 2.45) is 0 Å². The van der Waals surface area contributed by atoms with Gasteiger partial charge in [0.15, 0.2) is 0 Å². The molecule has 84 valence electrons. The highest BCUT2D eigenvalue weighted by molar-refractivity contribution is 5.74. The van der Waals surface area contributed by atoms with Crippen LogP contribution in [0.3, 0.4) is 0 Å². The van der Waals surface area contributed by atoms with Crippen LogP contribution in [0.4, 0.5) is 4.79 Å². The lowest BCUT2D eigenvalue weighted by molar-refractivity contribution is 0.206. The molecule has 0 aliphatic rings. The van der Waals surface area contributed by atoms with E-state index in [0.29, 0.717) is 6.54 Å². The first-order valence-electron chi connectivity index (χ1n) is 5.12. The quantitative estimate of drug-likeness (QED) is 0.832. The molecule has 0 saturated heterocycles. The number of hydrogen-bond donors (Lipinski definition) is 1. The Bertz CT molecular complexity index is 333. The van der Waals surface area contributed by atoms with Gasteiger partial charge in [0.1, 0.15) is 11.5 Å². The van der Waals surface area contributed by atoms with E-state index in [2.05, 4.69) is 5.32 Å². The van der Waals surface area contributed by atoms with Crippen molar-refractivity contribution in [2.45, 2.75) is 26.8 Å². The van der Waals surface area contributed by atoms with Gasteiger partial charge in [0.2, 0.25) is 0 Å². The standard InChI is InChI=1S/C11H18N2O2/c1-5-13(4)11(14)12-9(3)10-7-6-8(2)15-10/h6-7,9H,5H2,1-4H3,(H,12,14). The molecule has 0 aromatic carbocycles. The molecule has 0 saturated carbocycles. The molecule has 0 aliphatic heterocycles. The molecular formula is C11H18N2O2. The van der Waals surface area contributed by atoms with Gasteiger partial charge in [-0.1, -0.05) is 0 Å². The molecule has 1 unspecified atom stereocenters. The molecule has 1 aromatic heterocycles. The van der Waals surface area contributed by atoms with Crippen LogP contribution in [-0.4, -0.2) is 24.5 Å². The van der Waals surface area contributed by atoms with Gasteiger partial charge in [0.25, 0.3) is 0 Å². The fourth-order valence-electron chi connectivity index (χ4n) is 1.20. The summed E-state index contributed by atoms with van der Waals surface area (Å²) in [5, 5.41) is 2.85. The molecule has 1 aromatic rings. The number of rotatable bonds is 3. The first kappa shape index (κ1) is 11.6. The summed E-state index contributed by atoms with van der Waals surface area (Å²) in [5.74, 6) is 1.64. The van der Waals surface area contributed by atoms with Crippen molar-refractivity contribution in [1.82, 2.24) is 10.2 Å². The third kappa shape index (κ3) is 3.01. The van der Waals surface area contributed by atoms with Gasteiger partial charge in [-0.3, -0.25) is 0 Å². The van der Waals surface area contributed by atoms with E-state index in [-0.39, 0.29) is 12.1 Å². The van der Waals surface area contributed by atoms with Crippen LogP contribution in [0.25, 0.3) is 0 Å². The minimum atomic E-state index is -0.0970. The summed E-state index contributed by atoms with van der Waals surface area (Å²) in [6.07, 6.45) is 0. The molecule has 1 rings (SSSR count). The molecule has 4 nitrogen and oxygen atoms in total. The molecule has 0 bridgehead atoms. The van der Waals surface area contributed by atoms with Gasteiger partial charge < -0.3 is 14.6 Å². The van der Waals surface area contributed by atoms with Gasteiger partial charge in [-0.25, -0.2) is 4.79 Å². The molecule has 4 heteroatoms. The Kier molecular flexibility index (Phi) is 3.77. The van der Waals surface area contributed by atoms with Gasteiger partial charge in [-0.05, 0) is 32.9 Å². The Labute approximate surface area is 90.3 Å². The second kappa shape index (κ2) is 4.87. The number of carbonyl (C=O) groups is 1. The molecule has 1 atom stereocenters. The lowest BCUT2D eigenvalue weighted by Gasteiger charge is -2.18. The Morgan fingerprint density at radius 3 is 2.73 bits per heavy atom. The summed E-state index contributed by atoms with van der Waals surface area (Å²) in [6, 6.07) is 3.59. The summed E-state index contributed by atoms with van der Waals surface area (Å²) in [7, 11) is 1.76. The van der Waals surface area contributed by atoms with Crippen molar-refractivity contribution in [1.29, 1.82) is 0 Å². The lowest BCUT2D eigenvalue weighted by atomic mass is 10.2. The van der Waals surface area contributed by atoms with E-state index in [9.17, 15) is 4.79 Å². The highest BCUT2D eigenvalue weighted by Crippen LogP contribution is 2.15. The van der Waals surface area contributed by atoms with Crippen molar-refractivity contribution < 1.29 is 9.21 Å². The molecule has 2 amide bonds. The van der Waals surface area contributed by atoms with Gasteiger partial charge in [-0.15, -0.1) is 0 Å². The molecule has 1 heterocycles. The van der Waals surface area contributed by atoms with Crippen LogP contribution in [0.5, 0.6) is 0 Å². The summed E-state index contributed by atoms with van der Waals surface area (Å²) in [4.78, 5) is 13.2. The first-order valence-corrected chi connectivity index (χ1v) is 5.12. The maximum Gasteiger partial charge on any atom is 0.317 e. The van der Waals surface area contributed by atoms with Crippen molar-refractivity contribution in [3.63, 3.8) is 0 Å².